The third-order valence-electron chi connectivity index (χ3n) is 1.43. The van der Waals surface area contributed by atoms with Crippen LogP contribution in [0.5, 0.6) is 17.2 Å². The summed E-state index contributed by atoms with van der Waals surface area (Å²) in [5.41, 5.74) is 0. The van der Waals surface area contributed by atoms with Crippen molar-refractivity contribution in [3.05, 3.63) is 17.9 Å². The average molecular weight is 172 g/mol. The first-order valence-corrected chi connectivity index (χ1v) is 3.29. The smallest absolute Gasteiger partial charge is 0.207 e. The molecule has 66 valence electrons. The van der Waals surface area contributed by atoms with Gasteiger partial charge >= 0.3 is 0 Å². The normalized spacial score (nSPS) is 9.58. The number of halogens is 1. The topological polar surface area (TPSA) is 38.7 Å². The zero-order chi connectivity index (χ0) is 9.14. The molecular weight excluding hydrogens is 163 g/mol. The molecule has 0 spiro atoms. The number of phenolic OH excluding ortho intramolecular Hbond substituents is 1. The van der Waals surface area contributed by atoms with E-state index < -0.39 is 5.82 Å². The molecule has 0 saturated heterocycles. The molecule has 0 radical (unpaired) electrons. The summed E-state index contributed by atoms with van der Waals surface area (Å²) in [6.07, 6.45) is 0. The highest BCUT2D eigenvalue weighted by molar-refractivity contribution is 5.42. The van der Waals surface area contributed by atoms with Crippen molar-refractivity contribution >= 4 is 0 Å². The van der Waals surface area contributed by atoms with Gasteiger partial charge in [0.1, 0.15) is 5.75 Å². The molecule has 3 nitrogen and oxygen atoms in total. The second-order valence-corrected chi connectivity index (χ2v) is 2.16. The van der Waals surface area contributed by atoms with Crippen molar-refractivity contribution in [3.63, 3.8) is 0 Å². The molecule has 0 fully saturated rings. The highest BCUT2D eigenvalue weighted by Gasteiger charge is 2.10. The quantitative estimate of drug-likeness (QED) is 0.735. The van der Waals surface area contributed by atoms with Crippen LogP contribution in [0.1, 0.15) is 0 Å². The second-order valence-electron chi connectivity index (χ2n) is 2.16. The monoisotopic (exact) mass is 172 g/mol. The van der Waals surface area contributed by atoms with Gasteiger partial charge in [-0.2, -0.15) is 4.39 Å². The Morgan fingerprint density at radius 1 is 1.17 bits per heavy atom. The van der Waals surface area contributed by atoms with E-state index in [0.717, 1.165) is 0 Å². The molecule has 0 saturated carbocycles. The van der Waals surface area contributed by atoms with Crippen LogP contribution in [0.3, 0.4) is 0 Å². The van der Waals surface area contributed by atoms with Gasteiger partial charge in [0.2, 0.25) is 5.82 Å². The van der Waals surface area contributed by atoms with Gasteiger partial charge < -0.3 is 14.6 Å². The summed E-state index contributed by atoms with van der Waals surface area (Å²) in [6, 6.07) is 2.36. The number of ether oxygens (including phenoxy) is 2. The molecule has 0 amide bonds. The number of benzene rings is 1. The van der Waals surface area contributed by atoms with Crippen LogP contribution in [0.4, 0.5) is 4.39 Å². The Labute approximate surface area is 69.3 Å². The molecule has 0 aliphatic rings. The Morgan fingerprint density at radius 2 is 1.58 bits per heavy atom. The molecule has 0 atom stereocenters. The van der Waals surface area contributed by atoms with Crippen molar-refractivity contribution in [3.8, 4) is 17.2 Å². The third-order valence-corrected chi connectivity index (χ3v) is 1.43. The van der Waals surface area contributed by atoms with E-state index in [0.29, 0.717) is 0 Å². The lowest BCUT2D eigenvalue weighted by atomic mass is 10.3. The predicted octanol–water partition coefficient (Wildman–Crippen LogP) is 1.55. The van der Waals surface area contributed by atoms with Crippen LogP contribution in [0.2, 0.25) is 0 Å². The van der Waals surface area contributed by atoms with E-state index in [1.165, 1.54) is 26.4 Å². The lowest BCUT2D eigenvalue weighted by Crippen LogP contribution is -1.92. The van der Waals surface area contributed by atoms with E-state index in [1.54, 1.807) is 0 Å². The van der Waals surface area contributed by atoms with Crippen LogP contribution < -0.4 is 9.47 Å². The molecule has 1 rings (SSSR count). The van der Waals surface area contributed by atoms with E-state index in [-0.39, 0.29) is 17.2 Å². The van der Waals surface area contributed by atoms with Gasteiger partial charge in [0.15, 0.2) is 11.5 Å². The Bertz CT molecular complexity index is 261. The van der Waals surface area contributed by atoms with Gasteiger partial charge in [-0.05, 0) is 0 Å². The number of hydrogen-bond acceptors (Lipinski definition) is 3. The Balaban J connectivity index is 3.22. The highest BCUT2D eigenvalue weighted by atomic mass is 19.1. The largest absolute Gasteiger partial charge is 0.508 e. The SMILES string of the molecule is COc1cc(O)cc(OC)c1F. The first-order chi connectivity index (χ1) is 5.69. The van der Waals surface area contributed by atoms with Gasteiger partial charge in [-0.1, -0.05) is 0 Å². The summed E-state index contributed by atoms with van der Waals surface area (Å²) in [5.74, 6) is -0.776. The summed E-state index contributed by atoms with van der Waals surface area (Å²) >= 11 is 0. The van der Waals surface area contributed by atoms with E-state index in [2.05, 4.69) is 9.47 Å². The minimum atomic E-state index is -0.613. The fourth-order valence-corrected chi connectivity index (χ4v) is 0.856. The first-order valence-electron chi connectivity index (χ1n) is 3.29. The van der Waals surface area contributed by atoms with Gasteiger partial charge in [0, 0.05) is 12.1 Å². The molecule has 0 aliphatic carbocycles. The van der Waals surface area contributed by atoms with E-state index >= 15 is 0 Å². The van der Waals surface area contributed by atoms with Crippen LogP contribution in [-0.2, 0) is 0 Å². The molecule has 0 aliphatic heterocycles. The van der Waals surface area contributed by atoms with Crippen molar-refractivity contribution in [2.24, 2.45) is 0 Å². The van der Waals surface area contributed by atoms with E-state index in [4.69, 9.17) is 5.11 Å². The molecule has 1 aromatic rings. The second kappa shape index (κ2) is 3.30. The summed E-state index contributed by atoms with van der Waals surface area (Å²) in [7, 11) is 2.63. The van der Waals surface area contributed by atoms with Gasteiger partial charge in [0.25, 0.3) is 0 Å². The molecule has 1 N–H and O–H groups in total. The minimum Gasteiger partial charge on any atom is -0.508 e. The number of rotatable bonds is 2. The van der Waals surface area contributed by atoms with Crippen molar-refractivity contribution < 1.29 is 19.0 Å². The maximum absolute atomic E-state index is 13.1. The zero-order valence-corrected chi connectivity index (χ0v) is 6.80. The van der Waals surface area contributed by atoms with E-state index in [9.17, 15) is 4.39 Å². The van der Waals surface area contributed by atoms with Gasteiger partial charge in [0.05, 0.1) is 14.2 Å². The maximum Gasteiger partial charge on any atom is 0.207 e. The van der Waals surface area contributed by atoms with Crippen LogP contribution in [-0.4, -0.2) is 19.3 Å². The van der Waals surface area contributed by atoms with Crippen LogP contribution in [0.25, 0.3) is 0 Å². The Kier molecular flexibility index (Phi) is 2.38. The summed E-state index contributed by atoms with van der Waals surface area (Å²) < 4.78 is 22.4. The van der Waals surface area contributed by atoms with Gasteiger partial charge in [-0.25, -0.2) is 0 Å². The summed E-state index contributed by atoms with van der Waals surface area (Å²) in [6.45, 7) is 0. The Morgan fingerprint density at radius 3 is 1.92 bits per heavy atom. The predicted molar refractivity (Wildman–Crippen MR) is 41.2 cm³/mol. The van der Waals surface area contributed by atoms with Crippen LogP contribution in [0.15, 0.2) is 12.1 Å². The number of phenols is 1. The van der Waals surface area contributed by atoms with Gasteiger partial charge in [-0.3, -0.25) is 0 Å². The number of hydrogen-bond donors (Lipinski definition) is 1. The number of aromatic hydroxyl groups is 1. The van der Waals surface area contributed by atoms with Crippen molar-refractivity contribution in [1.29, 1.82) is 0 Å². The standard InChI is InChI=1S/C8H9FO3/c1-11-6-3-5(10)4-7(12-2)8(6)9/h3-4,10H,1-2H3. The molecule has 0 heterocycles. The lowest BCUT2D eigenvalue weighted by molar-refractivity contribution is 0.344. The molecule has 0 unspecified atom stereocenters. The van der Waals surface area contributed by atoms with Crippen molar-refractivity contribution in [1.82, 2.24) is 0 Å². The molecule has 0 aromatic heterocycles. The minimum absolute atomic E-state index is 0.0353. The maximum atomic E-state index is 13.1. The van der Waals surface area contributed by atoms with E-state index in [1.807, 2.05) is 0 Å². The van der Waals surface area contributed by atoms with Gasteiger partial charge in [-0.15, -0.1) is 0 Å². The van der Waals surface area contributed by atoms with Crippen molar-refractivity contribution in [2.45, 2.75) is 0 Å². The molecule has 1 aromatic carbocycles. The summed E-state index contributed by atoms with van der Waals surface area (Å²) in [4.78, 5) is 0. The first kappa shape index (κ1) is 8.64. The Hall–Kier alpha value is -1.45. The van der Waals surface area contributed by atoms with Crippen LogP contribution in [0, 0.1) is 5.82 Å². The molecule has 4 heteroatoms. The highest BCUT2D eigenvalue weighted by Crippen LogP contribution is 2.31. The average Bonchev–Trinajstić information content (AvgIpc) is 2.08. The molecule has 12 heavy (non-hydrogen) atoms. The number of methoxy groups -OCH3 is 2. The fourth-order valence-electron chi connectivity index (χ4n) is 0.856. The summed E-state index contributed by atoms with van der Waals surface area (Å²) in [5, 5.41) is 9.05. The fraction of sp³-hybridized carbons (Fsp3) is 0.250. The zero-order valence-electron chi connectivity index (χ0n) is 6.80. The molecule has 0 bridgehead atoms. The van der Waals surface area contributed by atoms with Crippen molar-refractivity contribution in [2.75, 3.05) is 14.2 Å². The third kappa shape index (κ3) is 1.42. The molecular formula is C8H9FO3. The van der Waals surface area contributed by atoms with Crippen LogP contribution >= 0.6 is 0 Å². The lowest BCUT2D eigenvalue weighted by Gasteiger charge is -2.06.